The third kappa shape index (κ3) is 4.68. The van der Waals surface area contributed by atoms with E-state index in [9.17, 15) is 4.79 Å². The van der Waals surface area contributed by atoms with Crippen molar-refractivity contribution in [3.63, 3.8) is 0 Å². The Hall–Kier alpha value is -3.18. The topological polar surface area (TPSA) is 77.2 Å². The lowest BCUT2D eigenvalue weighted by molar-refractivity contribution is -0.120. The molecule has 0 spiro atoms. The van der Waals surface area contributed by atoms with E-state index in [1.165, 1.54) is 0 Å². The van der Waals surface area contributed by atoms with Crippen LogP contribution in [0.25, 0.3) is 0 Å². The number of rotatable bonds is 8. The first kappa shape index (κ1) is 17.6. The summed E-state index contributed by atoms with van der Waals surface area (Å²) in [6.07, 6.45) is 1.69. The molecular formula is C21H21N3O2. The van der Waals surface area contributed by atoms with Gasteiger partial charge in [-0.1, -0.05) is 66.7 Å². The molecule has 1 heterocycles. The SMILES string of the molecule is NC(=O)C(NCc1cccnc1OCc1ccccc1)c1ccccc1. The molecule has 0 bridgehead atoms. The van der Waals surface area contributed by atoms with Crippen LogP contribution in [0, 0.1) is 0 Å². The Bertz CT molecular complexity index is 838. The van der Waals surface area contributed by atoms with E-state index < -0.39 is 11.9 Å². The van der Waals surface area contributed by atoms with Crippen molar-refractivity contribution in [2.24, 2.45) is 5.73 Å². The van der Waals surface area contributed by atoms with E-state index in [0.717, 1.165) is 16.7 Å². The number of hydrogen-bond donors (Lipinski definition) is 2. The number of ether oxygens (including phenoxy) is 1. The van der Waals surface area contributed by atoms with Crippen molar-refractivity contribution in [1.29, 1.82) is 0 Å². The van der Waals surface area contributed by atoms with Gasteiger partial charge in [0.2, 0.25) is 11.8 Å². The van der Waals surface area contributed by atoms with Crippen molar-refractivity contribution >= 4 is 5.91 Å². The van der Waals surface area contributed by atoms with Crippen LogP contribution in [0.4, 0.5) is 0 Å². The van der Waals surface area contributed by atoms with E-state index in [-0.39, 0.29) is 0 Å². The van der Waals surface area contributed by atoms with Crippen LogP contribution in [0.2, 0.25) is 0 Å². The highest BCUT2D eigenvalue weighted by molar-refractivity contribution is 5.81. The molecule has 0 saturated heterocycles. The highest BCUT2D eigenvalue weighted by Gasteiger charge is 2.17. The molecule has 0 radical (unpaired) electrons. The summed E-state index contributed by atoms with van der Waals surface area (Å²) in [6.45, 7) is 0.850. The first-order valence-corrected chi connectivity index (χ1v) is 8.42. The molecule has 3 N–H and O–H groups in total. The van der Waals surface area contributed by atoms with E-state index in [2.05, 4.69) is 10.3 Å². The summed E-state index contributed by atoms with van der Waals surface area (Å²) in [5, 5.41) is 3.20. The second kappa shape index (κ2) is 8.78. The van der Waals surface area contributed by atoms with Gasteiger partial charge >= 0.3 is 0 Å². The fourth-order valence-corrected chi connectivity index (χ4v) is 2.65. The predicted octanol–water partition coefficient (Wildman–Crippen LogP) is 2.98. The maximum atomic E-state index is 11.8. The molecule has 1 amide bonds. The Balaban J connectivity index is 1.68. The number of hydrogen-bond acceptors (Lipinski definition) is 4. The van der Waals surface area contributed by atoms with Crippen LogP contribution < -0.4 is 15.8 Å². The second-order valence-corrected chi connectivity index (χ2v) is 5.87. The van der Waals surface area contributed by atoms with Crippen LogP contribution in [-0.2, 0) is 17.9 Å². The number of nitrogens with one attached hydrogen (secondary N) is 1. The van der Waals surface area contributed by atoms with E-state index in [1.54, 1.807) is 6.20 Å². The van der Waals surface area contributed by atoms with Crippen molar-refractivity contribution in [1.82, 2.24) is 10.3 Å². The zero-order valence-electron chi connectivity index (χ0n) is 14.3. The summed E-state index contributed by atoms with van der Waals surface area (Å²) in [5.41, 5.74) is 8.32. The molecule has 1 aromatic heterocycles. The lowest BCUT2D eigenvalue weighted by Crippen LogP contribution is -2.33. The highest BCUT2D eigenvalue weighted by Crippen LogP contribution is 2.18. The van der Waals surface area contributed by atoms with Gasteiger partial charge in [0, 0.05) is 18.3 Å². The number of carbonyl (C=O) groups excluding carboxylic acids is 1. The van der Waals surface area contributed by atoms with Crippen molar-refractivity contribution in [3.05, 3.63) is 95.7 Å². The van der Waals surface area contributed by atoms with Crippen molar-refractivity contribution in [3.8, 4) is 5.88 Å². The minimum absolute atomic E-state index is 0.417. The summed E-state index contributed by atoms with van der Waals surface area (Å²) in [7, 11) is 0. The molecule has 0 saturated carbocycles. The Kier molecular flexibility index (Phi) is 5.96. The molecule has 3 rings (SSSR count). The minimum atomic E-state index is -0.571. The molecule has 2 aromatic carbocycles. The predicted molar refractivity (Wildman–Crippen MR) is 100 cm³/mol. The van der Waals surface area contributed by atoms with Crippen molar-refractivity contribution < 1.29 is 9.53 Å². The molecule has 0 fully saturated rings. The van der Waals surface area contributed by atoms with E-state index >= 15 is 0 Å². The molecule has 5 heteroatoms. The van der Waals surface area contributed by atoms with Crippen LogP contribution >= 0.6 is 0 Å². The van der Waals surface area contributed by atoms with Crippen LogP contribution in [-0.4, -0.2) is 10.9 Å². The van der Waals surface area contributed by atoms with Gasteiger partial charge < -0.3 is 10.5 Å². The smallest absolute Gasteiger partial charge is 0.239 e. The quantitative estimate of drug-likeness (QED) is 0.657. The summed E-state index contributed by atoms with van der Waals surface area (Å²) in [5.74, 6) is 0.118. The average Bonchev–Trinajstić information content (AvgIpc) is 2.69. The molecule has 1 atom stereocenters. The maximum Gasteiger partial charge on any atom is 0.239 e. The van der Waals surface area contributed by atoms with Gasteiger partial charge in [0.15, 0.2) is 0 Å². The summed E-state index contributed by atoms with van der Waals surface area (Å²) in [4.78, 5) is 16.1. The Morgan fingerprint density at radius 3 is 2.38 bits per heavy atom. The normalized spacial score (nSPS) is 11.7. The van der Waals surface area contributed by atoms with Gasteiger partial charge in [0.05, 0.1) is 0 Å². The fourth-order valence-electron chi connectivity index (χ4n) is 2.65. The first-order chi connectivity index (χ1) is 12.7. The van der Waals surface area contributed by atoms with Crippen molar-refractivity contribution in [2.75, 3.05) is 0 Å². The number of amides is 1. The molecule has 26 heavy (non-hydrogen) atoms. The largest absolute Gasteiger partial charge is 0.473 e. The molecule has 5 nitrogen and oxygen atoms in total. The maximum absolute atomic E-state index is 11.8. The molecule has 0 aliphatic heterocycles. The van der Waals surface area contributed by atoms with Crippen LogP contribution in [0.15, 0.2) is 79.0 Å². The number of carbonyl (C=O) groups is 1. The fraction of sp³-hybridized carbons (Fsp3) is 0.143. The van der Waals surface area contributed by atoms with Gasteiger partial charge in [-0.3, -0.25) is 10.1 Å². The number of pyridine rings is 1. The minimum Gasteiger partial charge on any atom is -0.473 e. The number of benzene rings is 2. The monoisotopic (exact) mass is 347 g/mol. The number of nitrogens with two attached hydrogens (primary N) is 1. The standard InChI is InChI=1S/C21H21N3O2/c22-20(25)19(17-10-5-2-6-11-17)24-14-18-12-7-13-23-21(18)26-15-16-8-3-1-4-9-16/h1-13,19,24H,14-15H2,(H2,22,25). The Morgan fingerprint density at radius 1 is 1.00 bits per heavy atom. The summed E-state index contributed by atoms with van der Waals surface area (Å²) in [6, 6.07) is 22.5. The van der Waals surface area contributed by atoms with E-state index in [4.69, 9.17) is 10.5 Å². The van der Waals surface area contributed by atoms with Crippen LogP contribution in [0.3, 0.4) is 0 Å². The molecule has 0 aliphatic rings. The average molecular weight is 347 g/mol. The van der Waals surface area contributed by atoms with Crippen LogP contribution in [0.1, 0.15) is 22.7 Å². The lowest BCUT2D eigenvalue weighted by Gasteiger charge is -2.17. The Labute approximate surface area is 152 Å². The van der Waals surface area contributed by atoms with Gasteiger partial charge in [-0.15, -0.1) is 0 Å². The number of primary amides is 1. The summed E-state index contributed by atoms with van der Waals surface area (Å²) < 4.78 is 5.85. The zero-order valence-corrected chi connectivity index (χ0v) is 14.3. The van der Waals surface area contributed by atoms with Gasteiger partial charge in [0.25, 0.3) is 0 Å². The lowest BCUT2D eigenvalue weighted by atomic mass is 10.1. The molecule has 3 aromatic rings. The third-order valence-electron chi connectivity index (χ3n) is 3.98. The third-order valence-corrected chi connectivity index (χ3v) is 3.98. The zero-order chi connectivity index (χ0) is 18.2. The summed E-state index contributed by atoms with van der Waals surface area (Å²) >= 11 is 0. The van der Waals surface area contributed by atoms with E-state index in [0.29, 0.717) is 19.0 Å². The Morgan fingerprint density at radius 2 is 1.69 bits per heavy atom. The van der Waals surface area contributed by atoms with Gasteiger partial charge in [0.1, 0.15) is 12.6 Å². The molecular weight excluding hydrogens is 326 g/mol. The molecule has 132 valence electrons. The second-order valence-electron chi connectivity index (χ2n) is 5.87. The highest BCUT2D eigenvalue weighted by atomic mass is 16.5. The van der Waals surface area contributed by atoms with Gasteiger partial charge in [-0.2, -0.15) is 0 Å². The van der Waals surface area contributed by atoms with Gasteiger partial charge in [-0.25, -0.2) is 4.98 Å². The molecule has 0 aliphatic carbocycles. The van der Waals surface area contributed by atoms with E-state index in [1.807, 2.05) is 72.8 Å². The number of aromatic nitrogens is 1. The van der Waals surface area contributed by atoms with Crippen LogP contribution in [0.5, 0.6) is 5.88 Å². The van der Waals surface area contributed by atoms with Gasteiger partial charge in [-0.05, 0) is 17.2 Å². The molecule has 1 unspecified atom stereocenters. The van der Waals surface area contributed by atoms with Crippen molar-refractivity contribution in [2.45, 2.75) is 19.2 Å². The number of nitrogens with zero attached hydrogens (tertiary/aromatic N) is 1. The first-order valence-electron chi connectivity index (χ1n) is 8.42.